The van der Waals surface area contributed by atoms with Gasteiger partial charge in [0.25, 0.3) is 0 Å². The quantitative estimate of drug-likeness (QED) is 0.686. The fourth-order valence-electron chi connectivity index (χ4n) is 2.84. The number of nitrogens with one attached hydrogen (secondary N) is 1. The van der Waals surface area contributed by atoms with Crippen LogP contribution < -0.4 is 14.2 Å². The van der Waals surface area contributed by atoms with Gasteiger partial charge in [-0.3, -0.25) is 4.98 Å². The number of hydrogen-bond donors (Lipinski definition) is 1. The molecule has 0 atom stereocenters. The molecule has 0 saturated carbocycles. The van der Waals surface area contributed by atoms with E-state index in [1.54, 1.807) is 20.2 Å². The van der Waals surface area contributed by atoms with Crippen molar-refractivity contribution < 1.29 is 23.0 Å². The molecule has 3 aromatic rings. The van der Waals surface area contributed by atoms with Crippen LogP contribution in [0.3, 0.4) is 0 Å². The lowest BCUT2D eigenvalue weighted by Gasteiger charge is -2.08. The molecule has 1 aliphatic heterocycles. The van der Waals surface area contributed by atoms with Crippen LogP contribution in [0.5, 0.6) is 17.2 Å². The summed E-state index contributed by atoms with van der Waals surface area (Å²) in [5, 5.41) is 0.655. The Morgan fingerprint density at radius 2 is 2.08 bits per heavy atom. The lowest BCUT2D eigenvalue weighted by atomic mass is 10.1. The summed E-state index contributed by atoms with van der Waals surface area (Å²) in [5.74, 6) is 1.40. The molecule has 6 nitrogen and oxygen atoms in total. The van der Waals surface area contributed by atoms with E-state index in [4.69, 9.17) is 4.74 Å². The molecule has 1 aromatic carbocycles. The highest BCUT2D eigenvalue weighted by atomic mass is 32.2. The van der Waals surface area contributed by atoms with Gasteiger partial charge in [-0.1, -0.05) is 11.8 Å². The molecule has 9 heteroatoms. The largest absolute Gasteiger partial charge is 0.586 e. The van der Waals surface area contributed by atoms with Gasteiger partial charge in [-0.2, -0.15) is 0 Å². The van der Waals surface area contributed by atoms with Crippen molar-refractivity contribution >= 4 is 22.8 Å². The highest BCUT2D eigenvalue weighted by Crippen LogP contribution is 2.46. The maximum Gasteiger partial charge on any atom is 0.586 e. The first kappa shape index (κ1) is 16.9. The Balaban J connectivity index is 1.61. The van der Waals surface area contributed by atoms with E-state index in [-0.39, 0.29) is 11.5 Å². The molecule has 4 rings (SSSR count). The molecule has 0 bridgehead atoms. The number of aryl methyl sites for hydroxylation is 1. The van der Waals surface area contributed by atoms with Gasteiger partial charge < -0.3 is 19.2 Å². The Bertz CT molecular complexity index is 1010. The number of aromatic amines is 1. The highest BCUT2D eigenvalue weighted by molar-refractivity contribution is 7.98. The Morgan fingerprint density at radius 3 is 2.85 bits per heavy atom. The van der Waals surface area contributed by atoms with Crippen LogP contribution in [0.4, 0.5) is 8.78 Å². The smallest absolute Gasteiger partial charge is 0.496 e. The number of ether oxygens (including phenoxy) is 3. The summed E-state index contributed by atoms with van der Waals surface area (Å²) in [6.07, 6.45) is -1.94. The van der Waals surface area contributed by atoms with Gasteiger partial charge in [-0.25, -0.2) is 4.98 Å². The molecule has 3 heterocycles. The molecule has 0 fully saturated rings. The zero-order valence-electron chi connectivity index (χ0n) is 14.2. The zero-order chi connectivity index (χ0) is 18.5. The third-order valence-corrected chi connectivity index (χ3v) is 5.06. The number of halogens is 2. The summed E-state index contributed by atoms with van der Waals surface area (Å²) in [6.45, 7) is 3.62. The number of imidazole rings is 1. The van der Waals surface area contributed by atoms with Crippen LogP contribution in [0, 0.1) is 13.8 Å². The van der Waals surface area contributed by atoms with Crippen molar-refractivity contribution in [3.63, 3.8) is 0 Å². The van der Waals surface area contributed by atoms with Crippen LogP contribution in [0.15, 0.2) is 23.5 Å². The first-order valence-electron chi connectivity index (χ1n) is 7.78. The van der Waals surface area contributed by atoms with Gasteiger partial charge >= 0.3 is 6.29 Å². The lowest BCUT2D eigenvalue weighted by molar-refractivity contribution is -0.286. The van der Waals surface area contributed by atoms with Crippen LogP contribution in [-0.4, -0.2) is 28.4 Å². The van der Waals surface area contributed by atoms with Crippen molar-refractivity contribution in [2.24, 2.45) is 0 Å². The van der Waals surface area contributed by atoms with Crippen molar-refractivity contribution in [2.75, 3.05) is 7.11 Å². The minimum absolute atomic E-state index is 0.00510. The second-order valence-electron chi connectivity index (χ2n) is 5.81. The number of benzene rings is 1. The number of H-pyrrole nitrogens is 1. The number of fused-ring (bicyclic) bond motifs is 2. The maximum absolute atomic E-state index is 13.3. The molecular formula is C17H15F2N3O3S. The predicted octanol–water partition coefficient (Wildman–Crippen LogP) is 4.20. The zero-order valence-corrected chi connectivity index (χ0v) is 15.0. The summed E-state index contributed by atoms with van der Waals surface area (Å²) in [4.78, 5) is 12.0. The number of hydrogen-bond acceptors (Lipinski definition) is 6. The van der Waals surface area contributed by atoms with Crippen molar-refractivity contribution in [1.82, 2.24) is 15.0 Å². The molecule has 0 spiro atoms. The van der Waals surface area contributed by atoms with Crippen molar-refractivity contribution in [2.45, 2.75) is 31.1 Å². The molecular weight excluding hydrogens is 364 g/mol. The van der Waals surface area contributed by atoms with E-state index in [0.717, 1.165) is 17.0 Å². The number of thioether (sulfide) groups is 1. The number of alkyl halides is 2. The molecule has 1 N–H and O–H groups in total. The van der Waals surface area contributed by atoms with Gasteiger partial charge in [0.1, 0.15) is 5.75 Å². The Kier molecular flexibility index (Phi) is 3.91. The summed E-state index contributed by atoms with van der Waals surface area (Å²) in [6, 6.07) is 3.29. The minimum Gasteiger partial charge on any atom is -0.496 e. The number of methoxy groups -OCH3 is 1. The van der Waals surface area contributed by atoms with E-state index in [9.17, 15) is 8.78 Å². The van der Waals surface area contributed by atoms with E-state index in [0.29, 0.717) is 27.5 Å². The van der Waals surface area contributed by atoms with Gasteiger partial charge in [-0.15, -0.1) is 8.78 Å². The van der Waals surface area contributed by atoms with Gasteiger partial charge in [0, 0.05) is 29.1 Å². The lowest BCUT2D eigenvalue weighted by Crippen LogP contribution is -2.26. The molecule has 0 radical (unpaired) electrons. The van der Waals surface area contributed by atoms with Crippen LogP contribution in [-0.2, 0) is 5.75 Å². The van der Waals surface area contributed by atoms with Crippen molar-refractivity contribution in [1.29, 1.82) is 0 Å². The van der Waals surface area contributed by atoms with Crippen LogP contribution >= 0.6 is 11.8 Å². The second kappa shape index (κ2) is 6.01. The fourth-order valence-corrected chi connectivity index (χ4v) is 3.75. The Labute approximate surface area is 151 Å². The molecule has 136 valence electrons. The number of rotatable bonds is 4. The fraction of sp³-hybridized carbons (Fsp3) is 0.294. The minimum atomic E-state index is -3.64. The van der Waals surface area contributed by atoms with Crippen LogP contribution in [0.25, 0.3) is 11.0 Å². The average molecular weight is 379 g/mol. The van der Waals surface area contributed by atoms with Crippen LogP contribution in [0.2, 0.25) is 0 Å². The van der Waals surface area contributed by atoms with E-state index in [2.05, 4.69) is 24.4 Å². The third-order valence-electron chi connectivity index (χ3n) is 4.18. The topological polar surface area (TPSA) is 69.3 Å². The van der Waals surface area contributed by atoms with Crippen LogP contribution in [0.1, 0.15) is 16.8 Å². The molecule has 0 amide bonds. The molecule has 0 saturated heterocycles. The van der Waals surface area contributed by atoms with Crippen molar-refractivity contribution in [3.8, 4) is 17.2 Å². The van der Waals surface area contributed by atoms with Gasteiger partial charge in [0.15, 0.2) is 16.7 Å². The second-order valence-corrected chi connectivity index (χ2v) is 6.77. The Hall–Kier alpha value is -2.55. The molecule has 0 aliphatic carbocycles. The molecule has 26 heavy (non-hydrogen) atoms. The summed E-state index contributed by atoms with van der Waals surface area (Å²) in [5.41, 5.74) is 3.55. The standard InChI is InChI=1S/C17H15F2N3O3S/c1-8-11(20-5-4-12(8)23-3)7-26-16-21-10-6-13-15(9(2)14(10)22-16)25-17(18,19)24-13/h4-6H,7H2,1-3H3,(H,21,22). The average Bonchev–Trinajstić information content (AvgIpc) is 3.14. The van der Waals surface area contributed by atoms with E-state index in [1.165, 1.54) is 17.8 Å². The summed E-state index contributed by atoms with van der Waals surface area (Å²) < 4.78 is 40.9. The van der Waals surface area contributed by atoms with Gasteiger partial charge in [0.05, 0.1) is 23.8 Å². The maximum atomic E-state index is 13.3. The molecule has 1 aliphatic rings. The molecule has 0 unspecified atom stereocenters. The predicted molar refractivity (Wildman–Crippen MR) is 92.1 cm³/mol. The summed E-state index contributed by atoms with van der Waals surface area (Å²) >= 11 is 1.46. The SMILES string of the molecule is COc1ccnc(CSc2nc3c(C)c4c(cc3[nH]2)OC(F)(F)O4)c1C. The normalized spacial score (nSPS) is 14.8. The number of pyridine rings is 1. The first-order chi connectivity index (χ1) is 12.4. The van der Waals surface area contributed by atoms with E-state index in [1.807, 2.05) is 13.0 Å². The van der Waals surface area contributed by atoms with Gasteiger partial charge in [0.2, 0.25) is 0 Å². The summed E-state index contributed by atoms with van der Waals surface area (Å²) in [7, 11) is 1.62. The van der Waals surface area contributed by atoms with E-state index >= 15 is 0 Å². The monoisotopic (exact) mass is 379 g/mol. The molecule has 2 aromatic heterocycles. The van der Waals surface area contributed by atoms with Crippen molar-refractivity contribution in [3.05, 3.63) is 35.2 Å². The third kappa shape index (κ3) is 2.82. The highest BCUT2D eigenvalue weighted by Gasteiger charge is 2.44. The first-order valence-corrected chi connectivity index (χ1v) is 8.77. The Morgan fingerprint density at radius 1 is 1.27 bits per heavy atom. The van der Waals surface area contributed by atoms with Gasteiger partial charge in [-0.05, 0) is 19.9 Å². The number of nitrogens with zero attached hydrogens (tertiary/aromatic N) is 2. The number of aromatic nitrogens is 3. The van der Waals surface area contributed by atoms with E-state index < -0.39 is 6.29 Å².